The van der Waals surface area contributed by atoms with Crippen LogP contribution in [0, 0.1) is 0 Å². The zero-order valence-corrected chi connectivity index (χ0v) is 19.9. The van der Waals surface area contributed by atoms with Crippen molar-refractivity contribution in [3.8, 4) is 17.2 Å². The van der Waals surface area contributed by atoms with Gasteiger partial charge in [-0.2, -0.15) is 0 Å². The molecule has 3 heterocycles. The van der Waals surface area contributed by atoms with Gasteiger partial charge in [0.2, 0.25) is 5.89 Å². The summed E-state index contributed by atoms with van der Waals surface area (Å²) in [4.78, 5) is 29.5. The summed E-state index contributed by atoms with van der Waals surface area (Å²) in [6.45, 7) is 6.07. The van der Waals surface area contributed by atoms with Crippen molar-refractivity contribution in [1.29, 1.82) is 0 Å². The second-order valence-corrected chi connectivity index (χ2v) is 9.19. The van der Waals surface area contributed by atoms with Crippen LogP contribution in [0.3, 0.4) is 0 Å². The van der Waals surface area contributed by atoms with Crippen molar-refractivity contribution in [3.05, 3.63) is 65.0 Å². The second-order valence-electron chi connectivity index (χ2n) is 8.76. The summed E-state index contributed by atoms with van der Waals surface area (Å²) in [5.74, 6) is 0.719. The highest BCUT2D eigenvalue weighted by Gasteiger charge is 2.35. The molecule has 2 fully saturated rings. The molecule has 1 amide bonds. The van der Waals surface area contributed by atoms with Gasteiger partial charge < -0.3 is 18.8 Å². The fourth-order valence-electron chi connectivity index (χ4n) is 4.19. The standard InChI is InChI=1S/C25H26ClN5O4/c26-20-5-3-19(4-6-20)23-27-28-24(35-23)25(33)31-16-22(17-31)34-21-7-1-18(2-8-21)15-30-11-9-29(10-12-30)13-14-32/h1-8,14,22H,9-13,15-17H2. The number of hydrogen-bond donors (Lipinski definition) is 0. The van der Waals surface area contributed by atoms with E-state index in [0.29, 0.717) is 30.2 Å². The largest absolute Gasteiger partial charge is 0.487 e. The molecule has 2 saturated heterocycles. The Morgan fingerprint density at radius 1 is 1.00 bits per heavy atom. The summed E-state index contributed by atoms with van der Waals surface area (Å²) in [5, 5.41) is 8.47. The molecular formula is C25H26ClN5O4. The van der Waals surface area contributed by atoms with Crippen molar-refractivity contribution in [2.75, 3.05) is 45.8 Å². The Kier molecular flexibility index (Phi) is 7.08. The third-order valence-electron chi connectivity index (χ3n) is 6.26. The normalized spacial score (nSPS) is 17.2. The fourth-order valence-corrected chi connectivity index (χ4v) is 4.32. The van der Waals surface area contributed by atoms with Crippen LogP contribution in [0.25, 0.3) is 11.5 Å². The summed E-state index contributed by atoms with van der Waals surface area (Å²) in [6.07, 6.45) is 0.893. The van der Waals surface area contributed by atoms with Gasteiger partial charge in [-0.1, -0.05) is 23.7 Å². The molecule has 3 aromatic rings. The van der Waals surface area contributed by atoms with Gasteiger partial charge in [-0.05, 0) is 42.0 Å². The zero-order chi connectivity index (χ0) is 24.2. The fraction of sp³-hybridized carbons (Fsp3) is 0.360. The van der Waals surface area contributed by atoms with Crippen molar-refractivity contribution in [2.24, 2.45) is 0 Å². The SMILES string of the molecule is O=CCN1CCN(Cc2ccc(OC3CN(C(=O)c4nnc(-c5ccc(Cl)cc5)o4)C3)cc2)CC1. The van der Waals surface area contributed by atoms with Gasteiger partial charge in [0.25, 0.3) is 0 Å². The molecule has 9 nitrogen and oxygen atoms in total. The van der Waals surface area contributed by atoms with E-state index in [-0.39, 0.29) is 23.8 Å². The minimum atomic E-state index is -0.304. The first kappa shape index (κ1) is 23.5. The maximum absolute atomic E-state index is 12.6. The number of hydrogen-bond acceptors (Lipinski definition) is 8. The molecule has 0 aliphatic carbocycles. The van der Waals surface area contributed by atoms with Gasteiger partial charge in [-0.25, -0.2) is 0 Å². The summed E-state index contributed by atoms with van der Waals surface area (Å²) in [7, 11) is 0. The lowest BCUT2D eigenvalue weighted by Gasteiger charge is -2.38. The number of halogens is 1. The van der Waals surface area contributed by atoms with Gasteiger partial charge in [-0.15, -0.1) is 10.2 Å². The van der Waals surface area contributed by atoms with E-state index in [1.54, 1.807) is 29.2 Å². The molecule has 0 spiro atoms. The number of rotatable bonds is 8. The number of nitrogens with zero attached hydrogens (tertiary/aromatic N) is 5. The molecule has 0 saturated carbocycles. The number of aromatic nitrogens is 2. The lowest BCUT2D eigenvalue weighted by molar-refractivity contribution is -0.109. The summed E-state index contributed by atoms with van der Waals surface area (Å²) >= 11 is 5.90. The van der Waals surface area contributed by atoms with Gasteiger partial charge >= 0.3 is 11.8 Å². The number of benzene rings is 2. The van der Waals surface area contributed by atoms with E-state index < -0.39 is 0 Å². The Hall–Kier alpha value is -3.27. The number of carbonyl (C=O) groups is 2. The average molecular weight is 496 g/mol. The second kappa shape index (κ2) is 10.6. The van der Waals surface area contributed by atoms with E-state index in [1.165, 1.54) is 5.56 Å². The molecule has 0 bridgehead atoms. The van der Waals surface area contributed by atoms with Gasteiger partial charge in [-0.3, -0.25) is 14.6 Å². The molecule has 10 heteroatoms. The van der Waals surface area contributed by atoms with Crippen LogP contribution in [0.2, 0.25) is 5.02 Å². The molecular weight excluding hydrogens is 470 g/mol. The van der Waals surface area contributed by atoms with Gasteiger partial charge in [0, 0.05) is 43.3 Å². The number of likely N-dealkylation sites (tertiary alicyclic amines) is 1. The van der Waals surface area contributed by atoms with Crippen LogP contribution in [-0.2, 0) is 11.3 Å². The van der Waals surface area contributed by atoms with Crippen LogP contribution in [0.15, 0.2) is 52.9 Å². The first-order valence-electron chi connectivity index (χ1n) is 11.6. The predicted octanol–water partition coefficient (Wildman–Crippen LogP) is 2.61. The Morgan fingerprint density at radius 2 is 1.69 bits per heavy atom. The predicted molar refractivity (Wildman–Crippen MR) is 129 cm³/mol. The topological polar surface area (TPSA) is 92.0 Å². The minimum Gasteiger partial charge on any atom is -0.487 e. The number of ether oxygens (including phenoxy) is 1. The number of aldehydes is 1. The van der Waals surface area contributed by atoms with Crippen LogP contribution in [0.5, 0.6) is 5.75 Å². The molecule has 35 heavy (non-hydrogen) atoms. The van der Waals surface area contributed by atoms with E-state index in [2.05, 4.69) is 32.1 Å². The minimum absolute atomic E-state index is 0.0373. The van der Waals surface area contributed by atoms with Crippen molar-refractivity contribution in [3.63, 3.8) is 0 Å². The number of amides is 1. The lowest BCUT2D eigenvalue weighted by Crippen LogP contribution is -2.56. The van der Waals surface area contributed by atoms with E-state index in [1.807, 2.05) is 12.1 Å². The molecule has 0 N–H and O–H groups in total. The highest BCUT2D eigenvalue weighted by molar-refractivity contribution is 6.30. The van der Waals surface area contributed by atoms with Crippen molar-refractivity contribution in [2.45, 2.75) is 12.6 Å². The Morgan fingerprint density at radius 3 is 2.37 bits per heavy atom. The lowest BCUT2D eigenvalue weighted by atomic mass is 10.1. The summed E-state index contributed by atoms with van der Waals surface area (Å²) < 4.78 is 11.6. The Bertz CT molecular complexity index is 1150. The zero-order valence-electron chi connectivity index (χ0n) is 19.2. The molecule has 2 aliphatic rings. The first-order chi connectivity index (χ1) is 17.1. The Balaban J connectivity index is 1.07. The summed E-state index contributed by atoms with van der Waals surface area (Å²) in [6, 6.07) is 15.1. The summed E-state index contributed by atoms with van der Waals surface area (Å²) in [5.41, 5.74) is 1.92. The van der Waals surface area contributed by atoms with Gasteiger partial charge in [0.1, 0.15) is 18.1 Å². The van der Waals surface area contributed by atoms with E-state index in [4.69, 9.17) is 20.8 Å². The average Bonchev–Trinajstić information content (AvgIpc) is 3.34. The van der Waals surface area contributed by atoms with Crippen LogP contribution in [-0.4, -0.2) is 89.0 Å². The third kappa shape index (κ3) is 5.70. The maximum atomic E-state index is 12.6. The van der Waals surface area contributed by atoms with E-state index in [9.17, 15) is 9.59 Å². The van der Waals surface area contributed by atoms with Crippen LogP contribution in [0.1, 0.15) is 16.2 Å². The third-order valence-corrected chi connectivity index (χ3v) is 6.52. The highest BCUT2D eigenvalue weighted by atomic mass is 35.5. The quantitative estimate of drug-likeness (QED) is 0.440. The highest BCUT2D eigenvalue weighted by Crippen LogP contribution is 2.23. The first-order valence-corrected chi connectivity index (χ1v) is 12.0. The molecule has 5 rings (SSSR count). The monoisotopic (exact) mass is 495 g/mol. The van der Waals surface area contributed by atoms with Crippen LogP contribution < -0.4 is 4.74 Å². The molecule has 182 valence electrons. The van der Waals surface area contributed by atoms with Crippen molar-refractivity contribution < 1.29 is 18.7 Å². The van der Waals surface area contributed by atoms with Gasteiger partial charge in [0.05, 0.1) is 19.6 Å². The Labute approximate surface area is 208 Å². The van der Waals surface area contributed by atoms with Crippen molar-refractivity contribution in [1.82, 2.24) is 24.9 Å². The van der Waals surface area contributed by atoms with Crippen LogP contribution in [0.4, 0.5) is 0 Å². The number of carbonyl (C=O) groups excluding carboxylic acids is 2. The molecule has 0 atom stereocenters. The smallest absolute Gasteiger partial charge is 0.311 e. The van der Waals surface area contributed by atoms with Crippen LogP contribution >= 0.6 is 11.6 Å². The van der Waals surface area contributed by atoms with Crippen molar-refractivity contribution >= 4 is 23.8 Å². The molecule has 1 aromatic heterocycles. The molecule has 2 aliphatic heterocycles. The molecule has 0 radical (unpaired) electrons. The van der Waals surface area contributed by atoms with Gasteiger partial charge in [0.15, 0.2) is 0 Å². The number of piperazine rings is 1. The molecule has 2 aromatic carbocycles. The van der Waals surface area contributed by atoms with E-state index >= 15 is 0 Å². The molecule has 0 unspecified atom stereocenters. The van der Waals surface area contributed by atoms with E-state index in [0.717, 1.165) is 44.8 Å². The maximum Gasteiger partial charge on any atom is 0.311 e.